The number of aliphatic carboxylic acids is 1. The van der Waals surface area contributed by atoms with Gasteiger partial charge in [0.1, 0.15) is 5.75 Å². The number of carboxylic acids is 1. The van der Waals surface area contributed by atoms with Crippen LogP contribution in [0.5, 0.6) is 5.75 Å². The van der Waals surface area contributed by atoms with Crippen LogP contribution in [0.25, 0.3) is 10.8 Å². The number of hydrogen-bond donors (Lipinski definition) is 1. The van der Waals surface area contributed by atoms with Crippen LogP contribution in [0.3, 0.4) is 0 Å². The highest BCUT2D eigenvalue weighted by Crippen LogP contribution is 2.22. The van der Waals surface area contributed by atoms with Crippen molar-refractivity contribution in [2.24, 2.45) is 0 Å². The molecule has 0 saturated heterocycles. The van der Waals surface area contributed by atoms with Gasteiger partial charge in [-0.25, -0.2) is 0 Å². The maximum Gasteiger partial charge on any atom is 0.303 e. The van der Waals surface area contributed by atoms with E-state index in [1.165, 1.54) is 5.39 Å². The van der Waals surface area contributed by atoms with Gasteiger partial charge < -0.3 is 9.84 Å². The smallest absolute Gasteiger partial charge is 0.303 e. The van der Waals surface area contributed by atoms with Gasteiger partial charge in [0.2, 0.25) is 0 Å². The number of rotatable bonds is 5. The lowest BCUT2D eigenvalue weighted by Gasteiger charge is -2.14. The van der Waals surface area contributed by atoms with Crippen LogP contribution in [0.4, 0.5) is 0 Å². The first-order valence-electron chi connectivity index (χ1n) is 6.02. The van der Waals surface area contributed by atoms with Crippen LogP contribution in [0, 0.1) is 0 Å². The Bertz CT molecular complexity index is 548. The SMILES string of the molecule is CC(CCC(=O)O)Oc1ccc2ccccc2c1. The molecule has 0 spiro atoms. The van der Waals surface area contributed by atoms with Crippen LogP contribution in [-0.4, -0.2) is 17.2 Å². The number of ether oxygens (including phenoxy) is 1. The molecule has 1 N–H and O–H groups in total. The Morgan fingerprint density at radius 2 is 1.94 bits per heavy atom. The van der Waals surface area contributed by atoms with E-state index in [-0.39, 0.29) is 12.5 Å². The van der Waals surface area contributed by atoms with E-state index < -0.39 is 5.97 Å². The summed E-state index contributed by atoms with van der Waals surface area (Å²) in [6.07, 6.45) is 0.555. The van der Waals surface area contributed by atoms with Gasteiger partial charge in [-0.1, -0.05) is 30.3 Å². The van der Waals surface area contributed by atoms with Crippen LogP contribution in [-0.2, 0) is 4.79 Å². The fraction of sp³-hybridized carbons (Fsp3) is 0.267. The Hall–Kier alpha value is -2.03. The standard InChI is InChI=1S/C15H16O3/c1-11(6-9-15(16)17)18-14-8-7-12-4-2-3-5-13(12)10-14/h2-5,7-8,10-11H,6,9H2,1H3,(H,16,17). The van der Waals surface area contributed by atoms with Crippen molar-refractivity contribution in [3.8, 4) is 5.75 Å². The number of carboxylic acid groups (broad SMARTS) is 1. The summed E-state index contributed by atoms with van der Waals surface area (Å²) in [6, 6.07) is 14.0. The first-order chi connectivity index (χ1) is 8.65. The summed E-state index contributed by atoms with van der Waals surface area (Å²) in [5.41, 5.74) is 0. The minimum absolute atomic E-state index is 0.0951. The average molecular weight is 244 g/mol. The van der Waals surface area contributed by atoms with Crippen molar-refractivity contribution >= 4 is 16.7 Å². The second-order valence-electron chi connectivity index (χ2n) is 4.37. The topological polar surface area (TPSA) is 46.5 Å². The lowest BCUT2D eigenvalue weighted by Crippen LogP contribution is -2.13. The monoisotopic (exact) mass is 244 g/mol. The van der Waals surface area contributed by atoms with E-state index in [9.17, 15) is 4.79 Å². The molecule has 2 aromatic rings. The summed E-state index contributed by atoms with van der Waals surface area (Å²) in [5.74, 6) is -0.00412. The number of benzene rings is 2. The van der Waals surface area contributed by atoms with Crippen molar-refractivity contribution in [1.29, 1.82) is 0 Å². The van der Waals surface area contributed by atoms with Gasteiger partial charge in [0.15, 0.2) is 0 Å². The van der Waals surface area contributed by atoms with Gasteiger partial charge in [0.05, 0.1) is 6.10 Å². The summed E-state index contributed by atoms with van der Waals surface area (Å²) in [5, 5.41) is 10.9. The molecule has 18 heavy (non-hydrogen) atoms. The average Bonchev–Trinajstić information content (AvgIpc) is 2.36. The molecule has 0 aliphatic heterocycles. The molecule has 2 rings (SSSR count). The van der Waals surface area contributed by atoms with E-state index >= 15 is 0 Å². The minimum atomic E-state index is -0.788. The molecule has 94 valence electrons. The molecule has 1 unspecified atom stereocenters. The summed E-state index contributed by atoms with van der Waals surface area (Å²) in [6.45, 7) is 1.89. The van der Waals surface area contributed by atoms with Crippen LogP contribution in [0.15, 0.2) is 42.5 Å². The van der Waals surface area contributed by atoms with Crippen LogP contribution < -0.4 is 4.74 Å². The Morgan fingerprint density at radius 3 is 2.67 bits per heavy atom. The lowest BCUT2D eigenvalue weighted by atomic mass is 10.1. The summed E-state index contributed by atoms with van der Waals surface area (Å²) in [4.78, 5) is 10.5. The largest absolute Gasteiger partial charge is 0.491 e. The fourth-order valence-electron chi connectivity index (χ4n) is 1.86. The maximum absolute atomic E-state index is 10.5. The fourth-order valence-corrected chi connectivity index (χ4v) is 1.86. The van der Waals surface area contributed by atoms with E-state index in [0.29, 0.717) is 6.42 Å². The molecule has 0 fully saturated rings. The second-order valence-corrected chi connectivity index (χ2v) is 4.37. The zero-order chi connectivity index (χ0) is 13.0. The predicted molar refractivity (Wildman–Crippen MR) is 70.9 cm³/mol. The van der Waals surface area contributed by atoms with E-state index in [0.717, 1.165) is 11.1 Å². The van der Waals surface area contributed by atoms with E-state index in [1.807, 2.05) is 49.4 Å². The highest BCUT2D eigenvalue weighted by atomic mass is 16.5. The first kappa shape index (κ1) is 12.4. The Kier molecular flexibility index (Phi) is 3.82. The molecule has 0 saturated carbocycles. The van der Waals surface area contributed by atoms with Gasteiger partial charge in [-0.2, -0.15) is 0 Å². The second kappa shape index (κ2) is 5.54. The number of hydrogen-bond acceptors (Lipinski definition) is 2. The normalized spacial score (nSPS) is 12.3. The molecule has 0 aliphatic carbocycles. The van der Waals surface area contributed by atoms with E-state index in [2.05, 4.69) is 0 Å². The van der Waals surface area contributed by atoms with Crippen LogP contribution in [0.2, 0.25) is 0 Å². The molecule has 0 radical (unpaired) electrons. The molecule has 0 heterocycles. The minimum Gasteiger partial charge on any atom is -0.491 e. The third kappa shape index (κ3) is 3.23. The van der Waals surface area contributed by atoms with Gasteiger partial charge >= 0.3 is 5.97 Å². The highest BCUT2D eigenvalue weighted by Gasteiger charge is 2.07. The summed E-state index contributed by atoms with van der Waals surface area (Å²) < 4.78 is 5.71. The summed E-state index contributed by atoms with van der Waals surface area (Å²) in [7, 11) is 0. The molecular weight excluding hydrogens is 228 g/mol. The van der Waals surface area contributed by atoms with E-state index in [1.54, 1.807) is 0 Å². The third-order valence-corrected chi connectivity index (χ3v) is 2.82. The maximum atomic E-state index is 10.5. The van der Waals surface area contributed by atoms with Gasteiger partial charge in [-0.15, -0.1) is 0 Å². The zero-order valence-electron chi connectivity index (χ0n) is 10.3. The van der Waals surface area contributed by atoms with Crippen molar-refractivity contribution in [3.63, 3.8) is 0 Å². The van der Waals surface area contributed by atoms with Gasteiger partial charge in [-0.05, 0) is 36.2 Å². The van der Waals surface area contributed by atoms with Crippen LogP contribution >= 0.6 is 0 Å². The van der Waals surface area contributed by atoms with Crippen molar-refractivity contribution in [1.82, 2.24) is 0 Å². The molecule has 0 bridgehead atoms. The Balaban J connectivity index is 2.05. The van der Waals surface area contributed by atoms with Crippen molar-refractivity contribution < 1.29 is 14.6 Å². The first-order valence-corrected chi connectivity index (χ1v) is 6.02. The predicted octanol–water partition coefficient (Wildman–Crippen LogP) is 3.47. The van der Waals surface area contributed by atoms with E-state index in [4.69, 9.17) is 9.84 Å². The number of fused-ring (bicyclic) bond motifs is 1. The molecule has 3 nitrogen and oxygen atoms in total. The zero-order valence-corrected chi connectivity index (χ0v) is 10.3. The Morgan fingerprint density at radius 1 is 1.22 bits per heavy atom. The molecule has 0 aliphatic rings. The Labute approximate surface area is 106 Å². The third-order valence-electron chi connectivity index (χ3n) is 2.82. The molecule has 0 aromatic heterocycles. The lowest BCUT2D eigenvalue weighted by molar-refractivity contribution is -0.137. The molecular formula is C15H16O3. The molecule has 0 amide bonds. The van der Waals surface area contributed by atoms with Gasteiger partial charge in [0.25, 0.3) is 0 Å². The van der Waals surface area contributed by atoms with Gasteiger partial charge in [-0.3, -0.25) is 4.79 Å². The van der Waals surface area contributed by atoms with Gasteiger partial charge in [0, 0.05) is 6.42 Å². The molecule has 3 heteroatoms. The van der Waals surface area contributed by atoms with Crippen molar-refractivity contribution in [2.75, 3.05) is 0 Å². The number of carbonyl (C=O) groups is 1. The summed E-state index contributed by atoms with van der Waals surface area (Å²) >= 11 is 0. The highest BCUT2D eigenvalue weighted by molar-refractivity contribution is 5.83. The molecule has 2 aromatic carbocycles. The quantitative estimate of drug-likeness (QED) is 0.876. The van der Waals surface area contributed by atoms with Crippen molar-refractivity contribution in [3.05, 3.63) is 42.5 Å². The van der Waals surface area contributed by atoms with Crippen molar-refractivity contribution in [2.45, 2.75) is 25.9 Å². The van der Waals surface area contributed by atoms with Crippen LogP contribution in [0.1, 0.15) is 19.8 Å². The molecule has 1 atom stereocenters.